The summed E-state index contributed by atoms with van der Waals surface area (Å²) < 4.78 is 0. The molecule has 94 valence electrons. The van der Waals surface area contributed by atoms with Crippen LogP contribution in [0.4, 0.5) is 11.9 Å². The summed E-state index contributed by atoms with van der Waals surface area (Å²) in [5.41, 5.74) is 0. The lowest BCUT2D eigenvalue weighted by Gasteiger charge is -2.13. The van der Waals surface area contributed by atoms with Crippen molar-refractivity contribution in [2.45, 2.75) is 13.8 Å². The van der Waals surface area contributed by atoms with E-state index in [2.05, 4.69) is 20.5 Å². The molecule has 0 atom stereocenters. The molecule has 0 fully saturated rings. The predicted octanol–water partition coefficient (Wildman–Crippen LogP) is 0.479. The van der Waals surface area contributed by atoms with Gasteiger partial charge in [0, 0.05) is 33.2 Å². The molecule has 0 aromatic carbocycles. The van der Waals surface area contributed by atoms with Crippen LogP contribution >= 0.6 is 11.8 Å². The van der Waals surface area contributed by atoms with E-state index in [-0.39, 0.29) is 11.0 Å². The maximum absolute atomic E-state index is 10.8. The van der Waals surface area contributed by atoms with Crippen molar-refractivity contribution in [2.75, 3.05) is 29.6 Å². The van der Waals surface area contributed by atoms with Crippen LogP contribution in [0.2, 0.25) is 0 Å². The maximum Gasteiger partial charge on any atom is 0.246 e. The summed E-state index contributed by atoms with van der Waals surface area (Å²) in [6, 6.07) is 0. The van der Waals surface area contributed by atoms with E-state index in [1.807, 2.05) is 7.05 Å². The highest BCUT2D eigenvalue weighted by atomic mass is 32.2. The molecule has 0 saturated carbocycles. The van der Waals surface area contributed by atoms with Gasteiger partial charge in [-0.1, -0.05) is 11.8 Å². The third-order valence-corrected chi connectivity index (χ3v) is 2.63. The number of carbonyl (C=O) groups excluding carboxylic acids is 2. The summed E-state index contributed by atoms with van der Waals surface area (Å²) in [6.45, 7) is 3.59. The highest BCUT2D eigenvalue weighted by molar-refractivity contribution is 8.13. The zero-order valence-corrected chi connectivity index (χ0v) is 10.8. The van der Waals surface area contributed by atoms with Crippen molar-refractivity contribution in [3.8, 4) is 0 Å². The number of aromatic nitrogens is 3. The third-order valence-electron chi connectivity index (χ3n) is 1.84. The fourth-order valence-electron chi connectivity index (χ4n) is 1.07. The molecular formula is C9H15N5O2S. The van der Waals surface area contributed by atoms with Crippen LogP contribution in [-0.4, -0.2) is 45.5 Å². The molecule has 7 nitrogen and oxygen atoms in total. The van der Waals surface area contributed by atoms with Crippen LogP contribution in [0.5, 0.6) is 0 Å². The Bertz CT molecular complexity index is 406. The monoisotopic (exact) mass is 257 g/mol. The molecule has 1 aromatic heterocycles. The lowest BCUT2D eigenvalue weighted by Crippen LogP contribution is -2.22. The number of carbonyl (C=O) groups is 2. The van der Waals surface area contributed by atoms with Crippen LogP contribution in [-0.2, 0) is 9.59 Å². The first-order valence-corrected chi connectivity index (χ1v) is 6.02. The lowest BCUT2D eigenvalue weighted by molar-refractivity contribution is -0.114. The van der Waals surface area contributed by atoms with Crippen molar-refractivity contribution >= 4 is 34.7 Å². The van der Waals surface area contributed by atoms with E-state index in [1.54, 1.807) is 4.90 Å². The highest BCUT2D eigenvalue weighted by Crippen LogP contribution is 2.09. The van der Waals surface area contributed by atoms with Crippen molar-refractivity contribution in [2.24, 2.45) is 0 Å². The summed E-state index contributed by atoms with van der Waals surface area (Å²) in [6.07, 6.45) is 0. The molecule has 0 radical (unpaired) electrons. The first-order valence-electron chi connectivity index (χ1n) is 5.03. The molecule has 1 heterocycles. The smallest absolute Gasteiger partial charge is 0.246 e. The average Bonchev–Trinajstić information content (AvgIpc) is 2.64. The standard InChI is InChI=1S/C9H15N5O2S/c1-6(15)10-8-11-9(13-12-8)14(3)4-5-17-7(2)16/h4-5H2,1-3H3,(H2,10,11,12,13,15). The van der Waals surface area contributed by atoms with Gasteiger partial charge in [0.05, 0.1) is 0 Å². The Balaban J connectivity index is 2.45. The molecule has 1 aromatic rings. The first kappa shape index (κ1) is 13.5. The Morgan fingerprint density at radius 1 is 1.47 bits per heavy atom. The number of thioether (sulfide) groups is 1. The van der Waals surface area contributed by atoms with Gasteiger partial charge in [-0.25, -0.2) is 5.10 Å². The Kier molecular flexibility index (Phi) is 4.95. The van der Waals surface area contributed by atoms with Gasteiger partial charge in [-0.3, -0.25) is 14.9 Å². The largest absolute Gasteiger partial charge is 0.342 e. The van der Waals surface area contributed by atoms with Crippen LogP contribution in [0.25, 0.3) is 0 Å². The molecular weight excluding hydrogens is 242 g/mol. The fourth-order valence-corrected chi connectivity index (χ4v) is 1.73. The zero-order valence-electron chi connectivity index (χ0n) is 9.98. The van der Waals surface area contributed by atoms with Crippen LogP contribution < -0.4 is 10.2 Å². The summed E-state index contributed by atoms with van der Waals surface area (Å²) >= 11 is 1.26. The Morgan fingerprint density at radius 3 is 2.76 bits per heavy atom. The fraction of sp³-hybridized carbons (Fsp3) is 0.556. The minimum atomic E-state index is -0.206. The summed E-state index contributed by atoms with van der Waals surface area (Å²) in [7, 11) is 1.82. The van der Waals surface area contributed by atoms with Crippen LogP contribution in [0, 0.1) is 0 Å². The Hall–Kier alpha value is -1.57. The maximum atomic E-state index is 10.8. The van der Waals surface area contributed by atoms with Gasteiger partial charge < -0.3 is 4.90 Å². The molecule has 1 rings (SSSR count). The molecule has 0 aliphatic rings. The number of amides is 1. The topological polar surface area (TPSA) is 91.0 Å². The second kappa shape index (κ2) is 6.24. The van der Waals surface area contributed by atoms with Gasteiger partial charge in [0.1, 0.15) is 0 Å². The van der Waals surface area contributed by atoms with Gasteiger partial charge in [0.2, 0.25) is 17.8 Å². The van der Waals surface area contributed by atoms with Crippen molar-refractivity contribution in [3.05, 3.63) is 0 Å². The number of rotatable bonds is 5. The van der Waals surface area contributed by atoms with E-state index >= 15 is 0 Å². The SMILES string of the molecule is CC(=O)Nc1nc(N(C)CCSC(C)=O)n[nH]1. The number of nitrogens with zero attached hydrogens (tertiary/aromatic N) is 3. The van der Waals surface area contributed by atoms with Gasteiger partial charge in [-0.05, 0) is 0 Å². The first-order chi connectivity index (χ1) is 7.99. The number of nitrogens with one attached hydrogen (secondary N) is 2. The van der Waals surface area contributed by atoms with Gasteiger partial charge in [0.25, 0.3) is 0 Å². The third kappa shape index (κ3) is 4.85. The minimum absolute atomic E-state index is 0.0901. The van der Waals surface area contributed by atoms with E-state index in [4.69, 9.17) is 0 Å². The molecule has 0 spiro atoms. The van der Waals surface area contributed by atoms with Gasteiger partial charge >= 0.3 is 0 Å². The van der Waals surface area contributed by atoms with Gasteiger partial charge in [-0.2, -0.15) is 4.98 Å². The molecule has 0 unspecified atom stereocenters. The van der Waals surface area contributed by atoms with Crippen LogP contribution in [0.3, 0.4) is 0 Å². The van der Waals surface area contributed by atoms with Crippen molar-refractivity contribution in [1.82, 2.24) is 15.2 Å². The molecule has 1 amide bonds. The van der Waals surface area contributed by atoms with Gasteiger partial charge in [0.15, 0.2) is 5.12 Å². The molecule has 2 N–H and O–H groups in total. The van der Waals surface area contributed by atoms with Crippen molar-refractivity contribution in [3.63, 3.8) is 0 Å². The van der Waals surface area contributed by atoms with E-state index < -0.39 is 0 Å². The van der Waals surface area contributed by atoms with Crippen molar-refractivity contribution < 1.29 is 9.59 Å². The molecule has 0 aliphatic carbocycles. The molecule has 0 aliphatic heterocycles. The number of aromatic amines is 1. The van der Waals surface area contributed by atoms with Crippen LogP contribution in [0.15, 0.2) is 0 Å². The number of hydrogen-bond donors (Lipinski definition) is 2. The number of anilines is 2. The molecule has 8 heteroatoms. The van der Waals surface area contributed by atoms with E-state index in [9.17, 15) is 9.59 Å². The second-order valence-electron chi connectivity index (χ2n) is 3.43. The Morgan fingerprint density at radius 2 is 2.18 bits per heavy atom. The second-order valence-corrected chi connectivity index (χ2v) is 4.70. The number of H-pyrrole nitrogens is 1. The Labute approximate surface area is 103 Å². The zero-order chi connectivity index (χ0) is 12.8. The molecule has 0 saturated heterocycles. The van der Waals surface area contributed by atoms with Crippen molar-refractivity contribution in [1.29, 1.82) is 0 Å². The molecule has 0 bridgehead atoms. The number of hydrogen-bond acceptors (Lipinski definition) is 6. The summed E-state index contributed by atoms with van der Waals surface area (Å²) in [4.78, 5) is 27.4. The van der Waals surface area contributed by atoms with E-state index in [0.29, 0.717) is 24.2 Å². The lowest BCUT2D eigenvalue weighted by atomic mass is 10.6. The van der Waals surface area contributed by atoms with Crippen LogP contribution in [0.1, 0.15) is 13.8 Å². The van der Waals surface area contributed by atoms with Gasteiger partial charge in [-0.15, -0.1) is 5.10 Å². The summed E-state index contributed by atoms with van der Waals surface area (Å²) in [5.74, 6) is 1.27. The normalized spacial score (nSPS) is 10.1. The quantitative estimate of drug-likeness (QED) is 0.797. The van der Waals surface area contributed by atoms with E-state index in [0.717, 1.165) is 0 Å². The predicted molar refractivity (Wildman–Crippen MR) is 67.1 cm³/mol. The molecule has 17 heavy (non-hydrogen) atoms. The minimum Gasteiger partial charge on any atom is -0.342 e. The highest BCUT2D eigenvalue weighted by Gasteiger charge is 2.08. The summed E-state index contributed by atoms with van der Waals surface area (Å²) in [5, 5.41) is 9.15. The van der Waals surface area contributed by atoms with E-state index in [1.165, 1.54) is 25.6 Å². The average molecular weight is 257 g/mol.